The predicted molar refractivity (Wildman–Crippen MR) is 99.6 cm³/mol. The fourth-order valence-electron chi connectivity index (χ4n) is 2.87. The second kappa shape index (κ2) is 6.36. The van der Waals surface area contributed by atoms with Crippen molar-refractivity contribution in [1.29, 1.82) is 0 Å². The van der Waals surface area contributed by atoms with Crippen molar-refractivity contribution >= 4 is 36.8 Å². The Balaban J connectivity index is 1.50. The standard InChI is InChI=1S/C17H18N4O2S2/c1-13-4-6-14(7-5-13)25(22,23)21-11-9-20(10-12-21)17-19-15-3-2-8-18-16(15)24-17/h2-8H,9-12H2,1H3. The van der Waals surface area contributed by atoms with Gasteiger partial charge in [0.1, 0.15) is 10.3 Å². The van der Waals surface area contributed by atoms with Crippen molar-refractivity contribution < 1.29 is 8.42 Å². The molecular formula is C17H18N4O2S2. The van der Waals surface area contributed by atoms with Crippen LogP contribution < -0.4 is 4.90 Å². The number of rotatable bonds is 3. The zero-order valence-corrected chi connectivity index (χ0v) is 15.4. The van der Waals surface area contributed by atoms with Gasteiger partial charge in [-0.05, 0) is 31.2 Å². The molecule has 3 aromatic rings. The minimum atomic E-state index is -3.43. The number of thiazole rings is 1. The smallest absolute Gasteiger partial charge is 0.243 e. The van der Waals surface area contributed by atoms with Crippen molar-refractivity contribution in [2.45, 2.75) is 11.8 Å². The highest BCUT2D eigenvalue weighted by Crippen LogP contribution is 2.28. The summed E-state index contributed by atoms with van der Waals surface area (Å²) in [6, 6.07) is 10.8. The van der Waals surface area contributed by atoms with Crippen LogP contribution in [0.2, 0.25) is 0 Å². The van der Waals surface area contributed by atoms with Gasteiger partial charge in [-0.15, -0.1) is 0 Å². The molecule has 6 nitrogen and oxygen atoms in total. The third-order valence-corrected chi connectivity index (χ3v) is 7.28. The van der Waals surface area contributed by atoms with Crippen molar-refractivity contribution in [1.82, 2.24) is 14.3 Å². The summed E-state index contributed by atoms with van der Waals surface area (Å²) in [5.74, 6) is 0. The molecule has 0 amide bonds. The van der Waals surface area contributed by atoms with Crippen LogP contribution in [0.3, 0.4) is 0 Å². The van der Waals surface area contributed by atoms with Crippen LogP contribution in [0.1, 0.15) is 5.56 Å². The Morgan fingerprint density at radius 3 is 2.44 bits per heavy atom. The van der Waals surface area contributed by atoms with Gasteiger partial charge in [0, 0.05) is 32.4 Å². The highest BCUT2D eigenvalue weighted by molar-refractivity contribution is 7.89. The molecule has 0 unspecified atom stereocenters. The molecule has 1 aliphatic rings. The summed E-state index contributed by atoms with van der Waals surface area (Å²) in [7, 11) is -3.43. The molecule has 0 N–H and O–H groups in total. The van der Waals surface area contributed by atoms with Gasteiger partial charge < -0.3 is 4.90 Å². The van der Waals surface area contributed by atoms with E-state index in [4.69, 9.17) is 0 Å². The van der Waals surface area contributed by atoms with Gasteiger partial charge in [0.05, 0.1) is 4.90 Å². The molecule has 8 heteroatoms. The number of fused-ring (bicyclic) bond motifs is 1. The van der Waals surface area contributed by atoms with E-state index >= 15 is 0 Å². The molecule has 1 aliphatic heterocycles. The van der Waals surface area contributed by atoms with Crippen LogP contribution in [-0.2, 0) is 10.0 Å². The molecule has 0 atom stereocenters. The minimum absolute atomic E-state index is 0.357. The minimum Gasteiger partial charge on any atom is -0.345 e. The lowest BCUT2D eigenvalue weighted by Crippen LogP contribution is -2.48. The van der Waals surface area contributed by atoms with E-state index in [0.29, 0.717) is 31.1 Å². The molecule has 2 aromatic heterocycles. The molecule has 0 radical (unpaired) electrons. The first-order valence-corrected chi connectivity index (χ1v) is 10.3. The highest BCUT2D eigenvalue weighted by atomic mass is 32.2. The van der Waals surface area contributed by atoms with Gasteiger partial charge in [-0.3, -0.25) is 0 Å². The van der Waals surface area contributed by atoms with Crippen molar-refractivity contribution in [2.75, 3.05) is 31.1 Å². The zero-order chi connectivity index (χ0) is 17.4. The number of hydrogen-bond donors (Lipinski definition) is 0. The third-order valence-electron chi connectivity index (χ3n) is 4.32. The second-order valence-electron chi connectivity index (χ2n) is 6.03. The fourth-order valence-corrected chi connectivity index (χ4v) is 5.26. The maximum absolute atomic E-state index is 12.8. The number of aryl methyl sites for hydroxylation is 1. The third kappa shape index (κ3) is 3.12. The SMILES string of the molecule is Cc1ccc(S(=O)(=O)N2CCN(c3nc4cccnc4s3)CC2)cc1. The van der Waals surface area contributed by atoms with Gasteiger partial charge in [-0.2, -0.15) is 4.31 Å². The van der Waals surface area contributed by atoms with Gasteiger partial charge in [0.25, 0.3) is 0 Å². The summed E-state index contributed by atoms with van der Waals surface area (Å²) < 4.78 is 27.1. The Kier molecular flexibility index (Phi) is 4.18. The van der Waals surface area contributed by atoms with Crippen LogP contribution in [0.25, 0.3) is 10.3 Å². The normalized spacial score (nSPS) is 16.4. The lowest BCUT2D eigenvalue weighted by Gasteiger charge is -2.33. The topological polar surface area (TPSA) is 66.4 Å². The van der Waals surface area contributed by atoms with Crippen molar-refractivity contribution in [3.8, 4) is 0 Å². The number of hydrogen-bond acceptors (Lipinski definition) is 6. The van der Waals surface area contributed by atoms with Gasteiger partial charge in [-0.1, -0.05) is 29.0 Å². The number of sulfonamides is 1. The van der Waals surface area contributed by atoms with Crippen LogP contribution in [0.5, 0.6) is 0 Å². The average molecular weight is 374 g/mol. The van der Waals surface area contributed by atoms with E-state index in [1.54, 1.807) is 34.0 Å². The van der Waals surface area contributed by atoms with Crippen LogP contribution in [-0.4, -0.2) is 48.9 Å². The van der Waals surface area contributed by atoms with E-state index < -0.39 is 10.0 Å². The van der Waals surface area contributed by atoms with Gasteiger partial charge in [-0.25, -0.2) is 18.4 Å². The summed E-state index contributed by atoms with van der Waals surface area (Å²) in [6.45, 7) is 4.12. The Labute approximate surface area is 150 Å². The van der Waals surface area contributed by atoms with E-state index in [1.807, 2.05) is 31.2 Å². The van der Waals surface area contributed by atoms with Crippen molar-refractivity contribution in [2.24, 2.45) is 0 Å². The van der Waals surface area contributed by atoms with Crippen molar-refractivity contribution in [3.05, 3.63) is 48.2 Å². The van der Waals surface area contributed by atoms with E-state index in [9.17, 15) is 8.42 Å². The molecule has 3 heterocycles. The van der Waals surface area contributed by atoms with Crippen LogP contribution >= 0.6 is 11.3 Å². The first-order valence-electron chi connectivity index (χ1n) is 8.07. The molecule has 4 rings (SSSR count). The van der Waals surface area contributed by atoms with Crippen LogP contribution in [0.15, 0.2) is 47.5 Å². The summed E-state index contributed by atoms with van der Waals surface area (Å²) in [6.07, 6.45) is 1.76. The Morgan fingerprint density at radius 2 is 1.76 bits per heavy atom. The Bertz CT molecular complexity index is 958. The largest absolute Gasteiger partial charge is 0.345 e. The average Bonchev–Trinajstić information content (AvgIpc) is 3.06. The predicted octanol–water partition coefficient (Wildman–Crippen LogP) is 2.51. The first-order chi connectivity index (χ1) is 12.0. The molecule has 0 bridgehead atoms. The maximum atomic E-state index is 12.8. The molecule has 0 spiro atoms. The molecule has 0 aliphatic carbocycles. The number of pyridine rings is 1. The lowest BCUT2D eigenvalue weighted by molar-refractivity contribution is 0.385. The summed E-state index contributed by atoms with van der Waals surface area (Å²) in [5, 5.41) is 0.904. The molecule has 0 saturated carbocycles. The maximum Gasteiger partial charge on any atom is 0.243 e. The number of piperazine rings is 1. The molecular weight excluding hydrogens is 356 g/mol. The van der Waals surface area contributed by atoms with E-state index in [-0.39, 0.29) is 0 Å². The number of anilines is 1. The summed E-state index contributed by atoms with van der Waals surface area (Å²) in [5.41, 5.74) is 1.94. The molecule has 130 valence electrons. The molecule has 25 heavy (non-hydrogen) atoms. The fraction of sp³-hybridized carbons (Fsp3) is 0.294. The number of aromatic nitrogens is 2. The van der Waals surface area contributed by atoms with E-state index in [0.717, 1.165) is 21.0 Å². The van der Waals surface area contributed by atoms with Crippen molar-refractivity contribution in [3.63, 3.8) is 0 Å². The monoisotopic (exact) mass is 374 g/mol. The van der Waals surface area contributed by atoms with Crippen LogP contribution in [0, 0.1) is 6.92 Å². The molecule has 1 saturated heterocycles. The molecule has 1 aromatic carbocycles. The quantitative estimate of drug-likeness (QED) is 0.705. The van der Waals surface area contributed by atoms with E-state index in [2.05, 4.69) is 14.9 Å². The number of nitrogens with zero attached hydrogens (tertiary/aromatic N) is 4. The lowest BCUT2D eigenvalue weighted by atomic mass is 10.2. The van der Waals surface area contributed by atoms with Gasteiger partial charge in [0.15, 0.2) is 5.13 Å². The zero-order valence-electron chi connectivity index (χ0n) is 13.8. The van der Waals surface area contributed by atoms with E-state index in [1.165, 1.54) is 0 Å². The van der Waals surface area contributed by atoms with Gasteiger partial charge >= 0.3 is 0 Å². The Morgan fingerprint density at radius 1 is 1.04 bits per heavy atom. The summed E-state index contributed by atoms with van der Waals surface area (Å²) >= 11 is 1.55. The highest BCUT2D eigenvalue weighted by Gasteiger charge is 2.29. The Hall–Kier alpha value is -2.03. The number of benzene rings is 1. The second-order valence-corrected chi connectivity index (χ2v) is 8.92. The van der Waals surface area contributed by atoms with Crippen LogP contribution in [0.4, 0.5) is 5.13 Å². The molecule has 1 fully saturated rings. The summed E-state index contributed by atoms with van der Waals surface area (Å²) in [4.78, 5) is 12.3. The first kappa shape index (κ1) is 16.4. The van der Waals surface area contributed by atoms with Gasteiger partial charge in [0.2, 0.25) is 10.0 Å².